The van der Waals surface area contributed by atoms with Crippen LogP contribution >= 0.6 is 0 Å². The first-order valence-electron chi connectivity index (χ1n) is 20.6. The highest BCUT2D eigenvalue weighted by molar-refractivity contribution is 7.80. The van der Waals surface area contributed by atoms with Crippen LogP contribution in [0.4, 0.5) is 0 Å². The van der Waals surface area contributed by atoms with E-state index in [9.17, 15) is 23.1 Å². The highest BCUT2D eigenvalue weighted by atomic mass is 32.3. The SMILES string of the molecule is CCCCCCCCCCCCCCCC(=O)OC(C)C(C(C)OC(=O)CCCCCCCCCCCCCCC)C(C)(N)O.COS(=O)(=O)O. The van der Waals surface area contributed by atoms with E-state index >= 15 is 0 Å². The number of carbonyl (C=O) groups is 2. The van der Waals surface area contributed by atoms with Crippen LogP contribution in [0.25, 0.3) is 0 Å². The maximum atomic E-state index is 12.5. The van der Waals surface area contributed by atoms with Crippen LogP contribution in [0, 0.1) is 5.92 Å². The van der Waals surface area contributed by atoms with E-state index < -0.39 is 34.2 Å². The van der Waals surface area contributed by atoms with Gasteiger partial charge in [-0.05, 0) is 33.6 Å². The van der Waals surface area contributed by atoms with Gasteiger partial charge in [-0.15, -0.1) is 0 Å². The predicted octanol–water partition coefficient (Wildman–Crippen LogP) is 10.5. The molecule has 10 nitrogen and oxygen atoms in total. The Morgan fingerprint density at radius 1 is 0.569 bits per heavy atom. The topological polar surface area (TPSA) is 162 Å². The van der Waals surface area contributed by atoms with Crippen molar-refractivity contribution in [1.82, 2.24) is 0 Å². The molecule has 0 aromatic rings. The predicted molar refractivity (Wildman–Crippen MR) is 209 cm³/mol. The van der Waals surface area contributed by atoms with E-state index in [1.165, 1.54) is 135 Å². The lowest BCUT2D eigenvalue weighted by molar-refractivity contribution is -0.173. The highest BCUT2D eigenvalue weighted by Gasteiger charge is 2.40. The standard InChI is InChI=1S/C39H77NO5.CH4O4S/c1-6-8-10-12-14-16-18-20-22-24-26-28-30-32-36(41)44-34(3)38(39(5,40)43)35(4)45-37(42)33-31-29-27-25-23-21-19-17-15-13-11-9-7-2;1-5-6(2,3)4/h34-35,38,43H,6-33,40H2,1-5H3;1H3,(H,2,3,4). The first-order chi connectivity index (χ1) is 24.2. The van der Waals surface area contributed by atoms with Crippen molar-refractivity contribution in [2.24, 2.45) is 11.7 Å². The molecule has 3 atom stereocenters. The molecule has 306 valence electrons. The molecule has 0 radical (unpaired) electrons. The molecule has 0 amide bonds. The minimum atomic E-state index is -4.16. The maximum Gasteiger partial charge on any atom is 0.397 e. The number of hydrogen-bond donors (Lipinski definition) is 3. The van der Waals surface area contributed by atoms with Gasteiger partial charge in [-0.25, -0.2) is 0 Å². The van der Waals surface area contributed by atoms with E-state index in [-0.39, 0.29) is 11.9 Å². The Hall–Kier alpha value is -1.27. The number of esters is 2. The summed E-state index contributed by atoms with van der Waals surface area (Å²) in [6.07, 6.45) is 32.0. The quantitative estimate of drug-likeness (QED) is 0.0250. The molecule has 0 bridgehead atoms. The minimum absolute atomic E-state index is 0.287. The Morgan fingerprint density at radius 2 is 0.784 bits per heavy atom. The van der Waals surface area contributed by atoms with Crippen molar-refractivity contribution in [3.63, 3.8) is 0 Å². The van der Waals surface area contributed by atoms with Crippen LogP contribution in [0.3, 0.4) is 0 Å². The summed E-state index contributed by atoms with van der Waals surface area (Å²) in [5, 5.41) is 10.6. The van der Waals surface area contributed by atoms with Crippen molar-refractivity contribution >= 4 is 22.3 Å². The molecule has 0 rings (SSSR count). The molecule has 3 unspecified atom stereocenters. The number of hydrogen-bond acceptors (Lipinski definition) is 9. The van der Waals surface area contributed by atoms with Crippen molar-refractivity contribution in [3.8, 4) is 0 Å². The molecule has 0 aliphatic carbocycles. The van der Waals surface area contributed by atoms with Gasteiger partial charge in [0.2, 0.25) is 0 Å². The normalized spacial score (nSPS) is 14.5. The Morgan fingerprint density at radius 3 is 0.980 bits per heavy atom. The molecule has 51 heavy (non-hydrogen) atoms. The summed E-state index contributed by atoms with van der Waals surface area (Å²) in [7, 11) is -3.29. The largest absolute Gasteiger partial charge is 0.462 e. The summed E-state index contributed by atoms with van der Waals surface area (Å²) < 4.78 is 41.0. The van der Waals surface area contributed by atoms with Gasteiger partial charge in [0, 0.05) is 12.8 Å². The fourth-order valence-electron chi connectivity index (χ4n) is 6.59. The van der Waals surface area contributed by atoms with Gasteiger partial charge in [0.15, 0.2) is 0 Å². The summed E-state index contributed by atoms with van der Waals surface area (Å²) >= 11 is 0. The average Bonchev–Trinajstić information content (AvgIpc) is 3.04. The molecular weight excluding hydrogens is 671 g/mol. The number of ether oxygens (including phenoxy) is 2. The molecule has 0 aromatic heterocycles. The van der Waals surface area contributed by atoms with Gasteiger partial charge in [0.1, 0.15) is 17.9 Å². The van der Waals surface area contributed by atoms with Crippen LogP contribution in [-0.4, -0.2) is 55.1 Å². The smallest absolute Gasteiger partial charge is 0.397 e. The summed E-state index contributed by atoms with van der Waals surface area (Å²) in [6.45, 7) is 9.45. The van der Waals surface area contributed by atoms with Crippen molar-refractivity contribution in [2.45, 2.75) is 232 Å². The molecule has 0 saturated heterocycles. The number of nitrogens with two attached hydrogens (primary N) is 1. The average molecular weight is 752 g/mol. The fourth-order valence-corrected chi connectivity index (χ4v) is 6.59. The Labute approximate surface area is 314 Å². The van der Waals surface area contributed by atoms with Gasteiger partial charge < -0.3 is 20.3 Å². The second-order valence-electron chi connectivity index (χ2n) is 14.7. The summed E-state index contributed by atoms with van der Waals surface area (Å²) in [5.74, 6) is -1.29. The number of carbonyl (C=O) groups excluding carboxylic acids is 2. The fraction of sp³-hybridized carbons (Fsp3) is 0.950. The van der Waals surface area contributed by atoms with Gasteiger partial charge in [0.25, 0.3) is 0 Å². The van der Waals surface area contributed by atoms with E-state index in [2.05, 4.69) is 18.0 Å². The lowest BCUT2D eigenvalue weighted by atomic mass is 9.87. The van der Waals surface area contributed by atoms with E-state index in [1.54, 1.807) is 13.8 Å². The zero-order valence-electron chi connectivity index (χ0n) is 33.8. The zero-order valence-corrected chi connectivity index (χ0v) is 34.6. The first-order valence-corrected chi connectivity index (χ1v) is 22.0. The van der Waals surface area contributed by atoms with Crippen molar-refractivity contribution < 1.29 is 41.3 Å². The highest BCUT2D eigenvalue weighted by Crippen LogP contribution is 2.26. The number of aliphatic hydroxyl groups is 1. The third-order valence-electron chi connectivity index (χ3n) is 9.50. The molecule has 0 spiro atoms. The van der Waals surface area contributed by atoms with Crippen LogP contribution in [0.5, 0.6) is 0 Å². The van der Waals surface area contributed by atoms with Crippen LogP contribution in [0.2, 0.25) is 0 Å². The van der Waals surface area contributed by atoms with Crippen molar-refractivity contribution in [3.05, 3.63) is 0 Å². The third-order valence-corrected chi connectivity index (χ3v) is 9.92. The molecule has 0 aliphatic heterocycles. The van der Waals surface area contributed by atoms with Gasteiger partial charge >= 0.3 is 22.3 Å². The molecule has 0 saturated carbocycles. The number of unbranched alkanes of at least 4 members (excludes halogenated alkanes) is 24. The first kappa shape index (κ1) is 51.8. The molecule has 11 heteroatoms. The van der Waals surface area contributed by atoms with Crippen molar-refractivity contribution in [1.29, 1.82) is 0 Å². The van der Waals surface area contributed by atoms with Gasteiger partial charge in [-0.1, -0.05) is 168 Å². The molecule has 4 N–H and O–H groups in total. The maximum absolute atomic E-state index is 12.5. The second-order valence-corrected chi connectivity index (χ2v) is 15.9. The van der Waals surface area contributed by atoms with E-state index in [1.807, 2.05) is 0 Å². The van der Waals surface area contributed by atoms with Gasteiger partial charge in [-0.3, -0.25) is 18.3 Å². The Balaban J connectivity index is 0. The molecular formula is C40H81NO9S. The summed E-state index contributed by atoms with van der Waals surface area (Å²) in [5.41, 5.74) is 4.41. The Kier molecular flexibility index (Phi) is 35.1. The summed E-state index contributed by atoms with van der Waals surface area (Å²) in [6, 6.07) is 0. The van der Waals surface area contributed by atoms with E-state index in [0.29, 0.717) is 12.8 Å². The minimum Gasteiger partial charge on any atom is -0.462 e. The third kappa shape index (κ3) is 36.9. The van der Waals surface area contributed by atoms with E-state index in [0.717, 1.165) is 45.6 Å². The zero-order chi connectivity index (χ0) is 38.8. The molecule has 0 aliphatic rings. The van der Waals surface area contributed by atoms with Gasteiger partial charge in [-0.2, -0.15) is 8.42 Å². The summed E-state index contributed by atoms with van der Waals surface area (Å²) in [4.78, 5) is 25.1. The van der Waals surface area contributed by atoms with Crippen molar-refractivity contribution in [2.75, 3.05) is 7.11 Å². The second kappa shape index (κ2) is 34.5. The van der Waals surface area contributed by atoms with Crippen LogP contribution < -0.4 is 5.73 Å². The Bertz CT molecular complexity index is 858. The monoisotopic (exact) mass is 752 g/mol. The van der Waals surface area contributed by atoms with Crippen LogP contribution in [0.15, 0.2) is 0 Å². The molecule has 0 heterocycles. The molecule has 0 aromatic carbocycles. The van der Waals surface area contributed by atoms with Gasteiger partial charge in [0.05, 0.1) is 13.0 Å². The van der Waals surface area contributed by atoms with Crippen LogP contribution in [-0.2, 0) is 33.6 Å². The molecule has 0 fully saturated rings. The van der Waals surface area contributed by atoms with E-state index in [4.69, 9.17) is 19.8 Å². The number of rotatable bonds is 34. The lowest BCUT2D eigenvalue weighted by Gasteiger charge is -2.37. The lowest BCUT2D eigenvalue weighted by Crippen LogP contribution is -2.54. The van der Waals surface area contributed by atoms with Crippen LogP contribution in [0.1, 0.15) is 214 Å².